The summed E-state index contributed by atoms with van der Waals surface area (Å²) >= 11 is 27.5. The monoisotopic (exact) mass is 1060 g/mol. The number of hydrogen-bond acceptors (Lipinski definition) is 13. The lowest BCUT2D eigenvalue weighted by molar-refractivity contribution is 0.0688. The van der Waals surface area contributed by atoms with Crippen LogP contribution in [-0.4, -0.2) is 97.4 Å². The van der Waals surface area contributed by atoms with Gasteiger partial charge in [-0.15, -0.1) is 0 Å². The third-order valence-corrected chi connectivity index (χ3v) is 9.99. The highest BCUT2D eigenvalue weighted by atomic mass is 79.9. The van der Waals surface area contributed by atoms with Gasteiger partial charge in [0.15, 0.2) is 12.6 Å². The van der Waals surface area contributed by atoms with Crippen LogP contribution in [0, 0.1) is 0 Å². The number of aldehydes is 2. The second kappa shape index (κ2) is 30.6. The van der Waals surface area contributed by atoms with Crippen LogP contribution >= 0.6 is 82.6 Å². The predicted octanol–water partition coefficient (Wildman–Crippen LogP) is 9.68. The largest absolute Gasteiger partial charge is 0.465 e. The summed E-state index contributed by atoms with van der Waals surface area (Å²) in [6.45, 7) is 18.8. The molecule has 0 unspecified atom stereocenters. The van der Waals surface area contributed by atoms with Crippen LogP contribution < -0.4 is 18.9 Å². The normalized spacial score (nSPS) is 10.4. The molecule has 4 rings (SSSR count). The van der Waals surface area contributed by atoms with Gasteiger partial charge in [0.1, 0.15) is 60.8 Å². The Morgan fingerprint density at radius 1 is 0.561 bits per heavy atom. The number of nitrogens with one attached hydrogen (secondary N) is 1. The number of imidazole rings is 4. The Hall–Kier alpha value is -2.43. The summed E-state index contributed by atoms with van der Waals surface area (Å²) in [4.78, 5) is 39.5. The molecule has 0 fully saturated rings. The van der Waals surface area contributed by atoms with Crippen molar-refractivity contribution in [3.8, 4) is 24.0 Å². The topological polar surface area (TPSA) is 181 Å². The number of halogens is 6. The molecule has 0 aliphatic heterocycles. The number of hydrogen-bond donors (Lipinski definition) is 1. The highest BCUT2D eigenvalue weighted by molar-refractivity contribution is 9.13. The molecule has 0 bridgehead atoms. The van der Waals surface area contributed by atoms with Gasteiger partial charge in [0.05, 0.1) is 26.4 Å². The summed E-state index contributed by atoms with van der Waals surface area (Å²) < 4.78 is 44.3. The number of carbonyl (C=O) groups excluding carboxylic acids is 2. The fourth-order valence-corrected chi connectivity index (χ4v) is 5.47. The summed E-state index contributed by atoms with van der Waals surface area (Å²) in [6, 6.07) is 1.63. The average molecular weight is 1060 g/mol. The summed E-state index contributed by atoms with van der Waals surface area (Å²) in [7, 11) is 0. The van der Waals surface area contributed by atoms with E-state index in [-0.39, 0.29) is 34.4 Å². The zero-order chi connectivity index (χ0) is 42.8. The first kappa shape index (κ1) is 52.6. The number of aromatic amines is 1. The molecule has 17 nitrogen and oxygen atoms in total. The van der Waals surface area contributed by atoms with E-state index in [1.54, 1.807) is 4.57 Å². The first-order valence-electron chi connectivity index (χ1n) is 17.9. The molecule has 23 heteroatoms. The first-order valence-corrected chi connectivity index (χ1v) is 21.4. The summed E-state index contributed by atoms with van der Waals surface area (Å²) in [5.41, 5.74) is 0.348. The Kier molecular flexibility index (Phi) is 28.2. The quantitative estimate of drug-likeness (QED) is 0.0581. The van der Waals surface area contributed by atoms with E-state index in [2.05, 4.69) is 86.6 Å². The van der Waals surface area contributed by atoms with Crippen molar-refractivity contribution in [1.82, 2.24) is 38.6 Å². The molecule has 0 aliphatic rings. The van der Waals surface area contributed by atoms with Crippen LogP contribution in [0.15, 0.2) is 13.8 Å². The second-order valence-electron chi connectivity index (χ2n) is 10.6. The number of H-pyrrole nitrogens is 1. The maximum absolute atomic E-state index is 10.7. The third-order valence-electron chi connectivity index (χ3n) is 6.25. The first-order chi connectivity index (χ1) is 27.4. The van der Waals surface area contributed by atoms with E-state index >= 15 is 0 Å². The maximum Gasteiger partial charge on any atom is 0.300 e. The summed E-state index contributed by atoms with van der Waals surface area (Å²) in [5.74, 6) is 0. The highest BCUT2D eigenvalue weighted by Gasteiger charge is 2.17. The van der Waals surface area contributed by atoms with Crippen LogP contribution in [0.3, 0.4) is 0 Å². The van der Waals surface area contributed by atoms with Gasteiger partial charge in [-0.05, 0) is 94.7 Å². The average Bonchev–Trinajstić information content (AvgIpc) is 3.88. The van der Waals surface area contributed by atoms with E-state index in [1.165, 1.54) is 4.57 Å². The molecule has 0 aliphatic carbocycles. The minimum atomic E-state index is 0.171. The summed E-state index contributed by atoms with van der Waals surface area (Å²) in [6.07, 6.45) is 4.05. The molecule has 0 saturated carbocycles. The molecule has 322 valence electrons. The number of nitrogens with zero attached hydrogens (tertiary/aromatic N) is 7. The fourth-order valence-electron chi connectivity index (χ4n) is 3.86. The van der Waals surface area contributed by atoms with Crippen LogP contribution in [0.5, 0.6) is 24.0 Å². The molecular weight excluding hydrogens is 1010 g/mol. The van der Waals surface area contributed by atoms with Crippen LogP contribution in [0.2, 0.25) is 15.5 Å². The predicted molar refractivity (Wildman–Crippen MR) is 228 cm³/mol. The molecule has 57 heavy (non-hydrogen) atoms. The van der Waals surface area contributed by atoms with Gasteiger partial charge < -0.3 is 33.2 Å². The van der Waals surface area contributed by atoms with Gasteiger partial charge in [-0.2, -0.15) is 19.9 Å². The Balaban J connectivity index is 0.000000383. The Morgan fingerprint density at radius 3 is 1.42 bits per heavy atom. The zero-order valence-corrected chi connectivity index (χ0v) is 39.9. The SMILES string of the molecule is CCCOCn1c(OCC)nc(Br)c1Br.CCCOCn1c(OCC)nc(Br)c1Cl.CCCOCn1c(OCC)nc(C=O)c1Cl.CCOc1nc(C=O)c(Cl)[nH]1. The smallest absolute Gasteiger partial charge is 0.300 e. The lowest BCUT2D eigenvalue weighted by Crippen LogP contribution is -2.07. The van der Waals surface area contributed by atoms with Crippen molar-refractivity contribution in [1.29, 1.82) is 0 Å². The van der Waals surface area contributed by atoms with Gasteiger partial charge in [0.2, 0.25) is 0 Å². The second-order valence-corrected chi connectivity index (χ2v) is 14.0. The molecule has 0 amide bonds. The molecule has 0 radical (unpaired) electrons. The van der Waals surface area contributed by atoms with Gasteiger partial charge >= 0.3 is 6.01 Å². The molecule has 4 heterocycles. The molecule has 4 aromatic rings. The number of ether oxygens (including phenoxy) is 7. The van der Waals surface area contributed by atoms with Crippen molar-refractivity contribution in [2.45, 2.75) is 87.9 Å². The number of carbonyl (C=O) groups is 2. The molecule has 0 spiro atoms. The van der Waals surface area contributed by atoms with E-state index in [0.717, 1.165) is 35.1 Å². The van der Waals surface area contributed by atoms with E-state index in [4.69, 9.17) is 68.0 Å². The van der Waals surface area contributed by atoms with Crippen LogP contribution in [0.25, 0.3) is 0 Å². The van der Waals surface area contributed by atoms with Crippen LogP contribution in [-0.2, 0) is 34.4 Å². The minimum absolute atomic E-state index is 0.171. The Labute approximate surface area is 373 Å². The third kappa shape index (κ3) is 18.2. The molecular formula is C34H50Br3Cl3N8O9. The van der Waals surface area contributed by atoms with Crippen molar-refractivity contribution >= 4 is 95.2 Å². The van der Waals surface area contributed by atoms with E-state index in [1.807, 2.05) is 39.2 Å². The molecule has 0 aromatic carbocycles. The van der Waals surface area contributed by atoms with Crippen molar-refractivity contribution in [3.05, 3.63) is 40.7 Å². The Morgan fingerprint density at radius 2 is 0.982 bits per heavy atom. The van der Waals surface area contributed by atoms with Gasteiger partial charge in [0, 0.05) is 19.8 Å². The standard InChI is InChI=1S/C10H15ClN2O3.C9H14Br2N2O2.C9H14BrClN2O2.C6H7ClN2O2/c1-3-5-15-7-13-9(11)8(6-14)12-10(13)16-4-2;2*1-3-5-14-6-13-8(11)7(10)12-9(13)15-4-2;1-2-11-6-8-4(3-10)5(7)9-6/h6H,3-5,7H2,1-2H3;2*3-6H2,1-2H3;3H,2H2,1H3,(H,8,9). The Bertz CT molecular complexity index is 1680. The van der Waals surface area contributed by atoms with Crippen molar-refractivity contribution in [2.24, 2.45) is 0 Å². The van der Waals surface area contributed by atoms with Crippen LogP contribution in [0.4, 0.5) is 0 Å². The van der Waals surface area contributed by atoms with Gasteiger partial charge in [-0.25, -0.2) is 0 Å². The lowest BCUT2D eigenvalue weighted by atomic mass is 10.5. The highest BCUT2D eigenvalue weighted by Crippen LogP contribution is 2.29. The number of rotatable bonds is 22. The van der Waals surface area contributed by atoms with Crippen molar-refractivity contribution < 1.29 is 42.7 Å². The summed E-state index contributed by atoms with van der Waals surface area (Å²) in [5, 5.41) is 0.951. The van der Waals surface area contributed by atoms with Crippen LogP contribution in [0.1, 0.15) is 88.7 Å². The minimum Gasteiger partial charge on any atom is -0.465 e. The van der Waals surface area contributed by atoms with Gasteiger partial charge in [-0.1, -0.05) is 55.6 Å². The fraction of sp³-hybridized carbons (Fsp3) is 0.588. The lowest BCUT2D eigenvalue weighted by Gasteiger charge is -2.08. The molecule has 0 saturated heterocycles. The molecule has 0 atom stereocenters. The van der Waals surface area contributed by atoms with E-state index in [9.17, 15) is 9.59 Å². The van der Waals surface area contributed by atoms with Crippen molar-refractivity contribution in [2.75, 3.05) is 46.2 Å². The zero-order valence-electron chi connectivity index (χ0n) is 32.9. The van der Waals surface area contributed by atoms with Crippen molar-refractivity contribution in [3.63, 3.8) is 0 Å². The molecule has 1 N–H and O–H groups in total. The van der Waals surface area contributed by atoms with Gasteiger partial charge in [-0.3, -0.25) is 28.3 Å². The number of aromatic nitrogens is 8. The van der Waals surface area contributed by atoms with Gasteiger partial charge in [0.25, 0.3) is 18.0 Å². The maximum atomic E-state index is 10.7. The van der Waals surface area contributed by atoms with E-state index in [0.29, 0.717) is 93.5 Å². The molecule has 4 aromatic heterocycles. The van der Waals surface area contributed by atoms with E-state index < -0.39 is 0 Å².